The smallest absolute Gasteiger partial charge is 0.234 e. The van der Waals surface area contributed by atoms with E-state index in [2.05, 4.69) is 15.3 Å². The second kappa shape index (κ2) is 4.22. The molecule has 0 fully saturated rings. The van der Waals surface area contributed by atoms with Gasteiger partial charge in [0.1, 0.15) is 5.01 Å². The third-order valence-corrected chi connectivity index (χ3v) is 3.85. The first-order valence-corrected chi connectivity index (χ1v) is 6.65. The highest BCUT2D eigenvalue weighted by atomic mass is 35.5. The van der Waals surface area contributed by atoms with Crippen LogP contribution in [0.5, 0.6) is 0 Å². The minimum Gasteiger partial charge on any atom is -0.399 e. The molecule has 18 heavy (non-hydrogen) atoms. The fourth-order valence-corrected chi connectivity index (χ4v) is 2.85. The lowest BCUT2D eigenvalue weighted by molar-refractivity contribution is 0.838. The Morgan fingerprint density at radius 2 is 2.22 bits per heavy atom. The van der Waals surface area contributed by atoms with E-state index in [0.717, 1.165) is 27.8 Å². The molecule has 0 radical (unpaired) electrons. The van der Waals surface area contributed by atoms with E-state index in [0.29, 0.717) is 10.7 Å². The summed E-state index contributed by atoms with van der Waals surface area (Å²) in [6.07, 6.45) is 0.787. The van der Waals surface area contributed by atoms with Crippen LogP contribution in [0.1, 0.15) is 12.7 Å². The lowest BCUT2D eigenvalue weighted by atomic mass is 10.2. The van der Waals surface area contributed by atoms with Crippen molar-refractivity contribution in [1.82, 2.24) is 19.8 Å². The number of rotatable bonds is 2. The van der Waals surface area contributed by atoms with E-state index in [1.165, 1.54) is 11.3 Å². The Labute approximate surface area is 112 Å². The molecular formula is C11H10ClN5S. The van der Waals surface area contributed by atoms with Crippen LogP contribution in [-0.2, 0) is 6.42 Å². The molecule has 3 aromatic rings. The Balaban J connectivity index is 2.19. The number of nitrogens with zero attached hydrogens (tertiary/aromatic N) is 4. The second-order valence-electron chi connectivity index (χ2n) is 3.81. The van der Waals surface area contributed by atoms with Gasteiger partial charge in [0, 0.05) is 17.7 Å². The van der Waals surface area contributed by atoms with Gasteiger partial charge in [0.2, 0.25) is 4.96 Å². The highest BCUT2D eigenvalue weighted by molar-refractivity contribution is 7.19. The van der Waals surface area contributed by atoms with Crippen molar-refractivity contribution in [2.45, 2.75) is 13.3 Å². The average Bonchev–Trinajstić information content (AvgIpc) is 2.91. The molecule has 0 atom stereocenters. The van der Waals surface area contributed by atoms with Gasteiger partial charge in [-0.25, -0.2) is 0 Å². The summed E-state index contributed by atoms with van der Waals surface area (Å²) in [5, 5.41) is 14.0. The Kier molecular flexibility index (Phi) is 2.68. The number of anilines is 1. The quantitative estimate of drug-likeness (QED) is 0.732. The van der Waals surface area contributed by atoms with Crippen LogP contribution < -0.4 is 5.73 Å². The summed E-state index contributed by atoms with van der Waals surface area (Å²) in [5.41, 5.74) is 7.26. The van der Waals surface area contributed by atoms with Crippen LogP contribution in [0.25, 0.3) is 15.5 Å². The van der Waals surface area contributed by atoms with Gasteiger partial charge in [-0.15, -0.1) is 10.2 Å². The molecule has 2 heterocycles. The molecule has 5 nitrogen and oxygen atoms in total. The Morgan fingerprint density at radius 3 is 3.00 bits per heavy atom. The fourth-order valence-electron chi connectivity index (χ4n) is 1.69. The van der Waals surface area contributed by atoms with E-state index in [-0.39, 0.29) is 0 Å². The summed E-state index contributed by atoms with van der Waals surface area (Å²) in [5.74, 6) is 0.840. The zero-order valence-electron chi connectivity index (χ0n) is 9.59. The van der Waals surface area contributed by atoms with Gasteiger partial charge < -0.3 is 5.73 Å². The first-order chi connectivity index (χ1) is 8.69. The van der Waals surface area contributed by atoms with E-state index in [1.807, 2.05) is 13.0 Å². The SMILES string of the molecule is CCc1nnc2sc(-c3cc(N)ccc3Cl)nn12. The minimum atomic E-state index is 0.632. The summed E-state index contributed by atoms with van der Waals surface area (Å²) < 4.78 is 1.75. The molecule has 0 unspecified atom stereocenters. The molecule has 0 spiro atoms. The van der Waals surface area contributed by atoms with Crippen molar-refractivity contribution in [2.75, 3.05) is 5.73 Å². The average molecular weight is 280 g/mol. The standard InChI is InChI=1S/C11H10ClN5S/c1-2-9-14-15-11-17(9)16-10(18-11)7-5-6(13)3-4-8(7)12/h3-5H,2,13H2,1H3. The van der Waals surface area contributed by atoms with Crippen LogP contribution in [0.4, 0.5) is 5.69 Å². The molecule has 0 amide bonds. The zero-order chi connectivity index (χ0) is 12.7. The Bertz CT molecular complexity index is 717. The molecule has 1 aromatic carbocycles. The third kappa shape index (κ3) is 1.74. The van der Waals surface area contributed by atoms with Crippen LogP contribution >= 0.6 is 22.9 Å². The van der Waals surface area contributed by atoms with Gasteiger partial charge in [-0.1, -0.05) is 29.9 Å². The summed E-state index contributed by atoms with van der Waals surface area (Å²) >= 11 is 7.61. The molecule has 92 valence electrons. The molecular weight excluding hydrogens is 270 g/mol. The number of hydrogen-bond donors (Lipinski definition) is 1. The van der Waals surface area contributed by atoms with Crippen molar-refractivity contribution in [3.63, 3.8) is 0 Å². The maximum absolute atomic E-state index is 6.16. The highest BCUT2D eigenvalue weighted by Gasteiger charge is 2.14. The summed E-state index contributed by atoms with van der Waals surface area (Å²) in [4.78, 5) is 0.764. The first-order valence-electron chi connectivity index (χ1n) is 5.45. The first kappa shape index (κ1) is 11.4. The van der Waals surface area contributed by atoms with Gasteiger partial charge >= 0.3 is 0 Å². The number of aryl methyl sites for hydroxylation is 1. The number of fused-ring (bicyclic) bond motifs is 1. The van der Waals surface area contributed by atoms with Gasteiger partial charge in [-0.2, -0.15) is 9.61 Å². The zero-order valence-corrected chi connectivity index (χ0v) is 11.2. The van der Waals surface area contributed by atoms with E-state index in [1.54, 1.807) is 16.6 Å². The molecule has 2 aromatic heterocycles. The number of benzene rings is 1. The number of aromatic nitrogens is 4. The van der Waals surface area contributed by atoms with Crippen molar-refractivity contribution >= 4 is 33.6 Å². The van der Waals surface area contributed by atoms with Gasteiger partial charge in [0.15, 0.2) is 5.82 Å². The molecule has 0 aliphatic rings. The monoisotopic (exact) mass is 279 g/mol. The van der Waals surface area contributed by atoms with Crippen molar-refractivity contribution < 1.29 is 0 Å². The second-order valence-corrected chi connectivity index (χ2v) is 5.17. The Morgan fingerprint density at radius 1 is 1.39 bits per heavy atom. The van der Waals surface area contributed by atoms with E-state index in [9.17, 15) is 0 Å². The predicted octanol–water partition coefficient (Wildman–Crippen LogP) is 2.65. The number of nitrogen functional groups attached to an aromatic ring is 1. The third-order valence-electron chi connectivity index (χ3n) is 2.59. The van der Waals surface area contributed by atoms with Crippen LogP contribution in [0.15, 0.2) is 18.2 Å². The molecule has 0 aliphatic heterocycles. The summed E-state index contributed by atoms with van der Waals surface area (Å²) in [7, 11) is 0. The molecule has 3 rings (SSSR count). The summed E-state index contributed by atoms with van der Waals surface area (Å²) in [6, 6.07) is 5.36. The molecule has 0 aliphatic carbocycles. The molecule has 0 saturated carbocycles. The molecule has 0 saturated heterocycles. The van der Waals surface area contributed by atoms with E-state index >= 15 is 0 Å². The Hall–Kier alpha value is -1.66. The largest absolute Gasteiger partial charge is 0.399 e. The van der Waals surface area contributed by atoms with Crippen LogP contribution in [0.3, 0.4) is 0 Å². The van der Waals surface area contributed by atoms with Crippen LogP contribution in [0.2, 0.25) is 5.02 Å². The van der Waals surface area contributed by atoms with Crippen molar-refractivity contribution in [1.29, 1.82) is 0 Å². The lowest BCUT2D eigenvalue weighted by Crippen LogP contribution is -1.94. The normalized spacial score (nSPS) is 11.2. The van der Waals surface area contributed by atoms with Crippen molar-refractivity contribution in [3.8, 4) is 10.6 Å². The molecule has 2 N–H and O–H groups in total. The number of nitrogens with two attached hydrogens (primary N) is 1. The van der Waals surface area contributed by atoms with Gasteiger partial charge in [-0.3, -0.25) is 0 Å². The fraction of sp³-hybridized carbons (Fsp3) is 0.182. The predicted molar refractivity (Wildman–Crippen MR) is 72.9 cm³/mol. The number of hydrogen-bond acceptors (Lipinski definition) is 5. The van der Waals surface area contributed by atoms with Crippen molar-refractivity contribution in [2.24, 2.45) is 0 Å². The van der Waals surface area contributed by atoms with Gasteiger partial charge in [0.05, 0.1) is 5.02 Å². The maximum atomic E-state index is 6.16. The van der Waals surface area contributed by atoms with Crippen LogP contribution in [0, 0.1) is 0 Å². The topological polar surface area (TPSA) is 69.1 Å². The molecule has 0 bridgehead atoms. The van der Waals surface area contributed by atoms with Crippen LogP contribution in [-0.4, -0.2) is 19.8 Å². The van der Waals surface area contributed by atoms with E-state index in [4.69, 9.17) is 17.3 Å². The summed E-state index contributed by atoms with van der Waals surface area (Å²) in [6.45, 7) is 2.02. The number of halogens is 1. The van der Waals surface area contributed by atoms with E-state index < -0.39 is 0 Å². The highest BCUT2D eigenvalue weighted by Crippen LogP contribution is 2.32. The van der Waals surface area contributed by atoms with Gasteiger partial charge in [0.25, 0.3) is 0 Å². The minimum absolute atomic E-state index is 0.632. The van der Waals surface area contributed by atoms with Crippen molar-refractivity contribution in [3.05, 3.63) is 29.0 Å². The van der Waals surface area contributed by atoms with Gasteiger partial charge in [-0.05, 0) is 18.2 Å². The maximum Gasteiger partial charge on any atom is 0.234 e. The molecule has 7 heteroatoms. The lowest BCUT2D eigenvalue weighted by Gasteiger charge is -2.00.